The molecule has 1 aromatic rings. The molecule has 1 aromatic carbocycles. The van der Waals surface area contributed by atoms with Crippen molar-refractivity contribution in [1.29, 1.82) is 0 Å². The number of benzene rings is 1. The lowest BCUT2D eigenvalue weighted by Crippen LogP contribution is -2.54. The number of nitrogens with one attached hydrogen (secondary N) is 3. The predicted octanol–water partition coefficient (Wildman–Crippen LogP) is -1.03. The average Bonchev–Trinajstić information content (AvgIpc) is 2.56. The maximum Gasteiger partial charge on any atom is 0.280 e. The van der Waals surface area contributed by atoms with Gasteiger partial charge >= 0.3 is 0 Å². The number of aliphatic imine (C=N–C) groups is 1. The number of anilines is 1. The molecule has 0 aliphatic carbocycles. The van der Waals surface area contributed by atoms with E-state index in [0.717, 1.165) is 11.8 Å². The van der Waals surface area contributed by atoms with E-state index in [0.29, 0.717) is 0 Å². The van der Waals surface area contributed by atoms with Crippen LogP contribution < -0.4 is 21.7 Å². The van der Waals surface area contributed by atoms with Gasteiger partial charge in [-0.15, -0.1) is 0 Å². The van der Waals surface area contributed by atoms with E-state index < -0.39 is 35.6 Å². The summed E-state index contributed by atoms with van der Waals surface area (Å²) >= 11 is 0.824. The summed E-state index contributed by atoms with van der Waals surface area (Å²) in [7, 11) is 0. The summed E-state index contributed by atoms with van der Waals surface area (Å²) in [4.78, 5) is 61.5. The molecule has 0 aromatic heterocycles. The van der Waals surface area contributed by atoms with Crippen LogP contribution in [0.5, 0.6) is 0 Å². The fraction of sp³-hybridized carbons (Fsp3) is 0.200. The Hall–Kier alpha value is -3.21. The number of thioether (sulfide) groups is 1. The number of rotatable bonds is 5. The summed E-state index contributed by atoms with van der Waals surface area (Å²) in [6.45, 7) is 1.17. The molecule has 1 aliphatic heterocycles. The van der Waals surface area contributed by atoms with Gasteiger partial charge in [0.05, 0.1) is 17.0 Å². The first-order chi connectivity index (χ1) is 12.3. The largest absolute Gasteiger partial charge is 0.366 e. The number of nitrogens with zero attached hydrogens (tertiary/aromatic N) is 1. The highest BCUT2D eigenvalue weighted by atomic mass is 32.2. The molecule has 0 saturated carbocycles. The first-order valence-corrected chi connectivity index (χ1v) is 8.28. The summed E-state index contributed by atoms with van der Waals surface area (Å²) in [5, 5.41) is 6.97. The molecule has 1 heterocycles. The number of primary amides is 1. The van der Waals surface area contributed by atoms with Crippen LogP contribution in [0.15, 0.2) is 29.3 Å². The van der Waals surface area contributed by atoms with Gasteiger partial charge in [-0.1, -0.05) is 23.9 Å². The summed E-state index contributed by atoms with van der Waals surface area (Å²) in [6, 6.07) is 4.84. The van der Waals surface area contributed by atoms with Gasteiger partial charge in [-0.2, -0.15) is 4.99 Å². The van der Waals surface area contributed by atoms with Gasteiger partial charge in [-0.25, -0.2) is 0 Å². The Morgan fingerprint density at radius 1 is 1.27 bits per heavy atom. The van der Waals surface area contributed by atoms with Crippen molar-refractivity contribution in [2.24, 2.45) is 10.7 Å². The smallest absolute Gasteiger partial charge is 0.280 e. The van der Waals surface area contributed by atoms with E-state index in [1.807, 2.05) is 0 Å². The highest BCUT2D eigenvalue weighted by Gasteiger charge is 2.32. The van der Waals surface area contributed by atoms with Crippen LogP contribution in [0.4, 0.5) is 5.69 Å². The van der Waals surface area contributed by atoms with E-state index in [-0.39, 0.29) is 22.2 Å². The van der Waals surface area contributed by atoms with E-state index in [1.165, 1.54) is 19.1 Å². The zero-order chi connectivity index (χ0) is 19.3. The van der Waals surface area contributed by atoms with Gasteiger partial charge in [-0.3, -0.25) is 24.0 Å². The van der Waals surface area contributed by atoms with Gasteiger partial charge in [0.15, 0.2) is 11.2 Å². The van der Waals surface area contributed by atoms with Crippen molar-refractivity contribution in [3.05, 3.63) is 29.8 Å². The molecule has 11 heteroatoms. The van der Waals surface area contributed by atoms with E-state index in [2.05, 4.69) is 20.9 Å². The molecular weight excluding hydrogens is 362 g/mol. The Morgan fingerprint density at radius 2 is 1.96 bits per heavy atom. The van der Waals surface area contributed by atoms with Crippen LogP contribution in [0.1, 0.15) is 17.3 Å². The van der Waals surface area contributed by atoms with Gasteiger partial charge < -0.3 is 21.7 Å². The molecule has 0 bridgehead atoms. The number of amides is 5. The Labute approximate surface area is 152 Å². The molecule has 0 saturated heterocycles. The van der Waals surface area contributed by atoms with Crippen LogP contribution >= 0.6 is 11.8 Å². The minimum atomic E-state index is -1.38. The molecule has 0 spiro atoms. The summed E-state index contributed by atoms with van der Waals surface area (Å²) in [5.41, 5.74) is 5.64. The van der Waals surface area contributed by atoms with Gasteiger partial charge in [-0.05, 0) is 12.1 Å². The third kappa shape index (κ3) is 4.89. The number of amidine groups is 1. The molecule has 26 heavy (non-hydrogen) atoms. The van der Waals surface area contributed by atoms with E-state index >= 15 is 0 Å². The Morgan fingerprint density at radius 3 is 2.58 bits per heavy atom. The van der Waals surface area contributed by atoms with Crippen LogP contribution in [0.25, 0.3) is 0 Å². The summed E-state index contributed by atoms with van der Waals surface area (Å²) < 4.78 is 0. The molecule has 2 rings (SSSR count). The zero-order valence-corrected chi connectivity index (χ0v) is 14.4. The van der Waals surface area contributed by atoms with Crippen LogP contribution in [0.2, 0.25) is 0 Å². The van der Waals surface area contributed by atoms with Crippen molar-refractivity contribution in [1.82, 2.24) is 10.6 Å². The number of hydrogen-bond donors (Lipinski definition) is 4. The molecule has 5 amide bonds. The molecule has 136 valence electrons. The number of carbonyl (C=O) groups excluding carboxylic acids is 5. The van der Waals surface area contributed by atoms with Crippen molar-refractivity contribution in [2.45, 2.75) is 13.0 Å². The number of hydrogen-bond acceptors (Lipinski definition) is 6. The highest BCUT2D eigenvalue weighted by Crippen LogP contribution is 2.15. The fourth-order valence-electron chi connectivity index (χ4n) is 2.01. The molecule has 10 nitrogen and oxygen atoms in total. The summed E-state index contributed by atoms with van der Waals surface area (Å²) in [6.07, 6.45) is 0. The fourth-order valence-corrected chi connectivity index (χ4v) is 2.68. The van der Waals surface area contributed by atoms with Gasteiger partial charge in [0.1, 0.15) is 0 Å². The Kier molecular flexibility index (Phi) is 6.07. The van der Waals surface area contributed by atoms with Gasteiger partial charge in [0.25, 0.3) is 17.7 Å². The average molecular weight is 377 g/mol. The second-order valence-corrected chi connectivity index (χ2v) is 6.09. The monoisotopic (exact) mass is 377 g/mol. The molecule has 0 unspecified atom stereocenters. The maximum atomic E-state index is 12.0. The normalized spacial score (nSPS) is 16.3. The first-order valence-electron chi connectivity index (χ1n) is 7.30. The highest BCUT2D eigenvalue weighted by molar-refractivity contribution is 8.14. The molecule has 0 radical (unpaired) electrons. The van der Waals surface area contributed by atoms with Crippen molar-refractivity contribution in [3.8, 4) is 0 Å². The third-order valence-corrected chi connectivity index (χ3v) is 3.98. The van der Waals surface area contributed by atoms with Crippen molar-refractivity contribution >= 4 is 52.2 Å². The van der Waals surface area contributed by atoms with Crippen LogP contribution in [0, 0.1) is 0 Å². The van der Waals surface area contributed by atoms with Crippen molar-refractivity contribution < 1.29 is 24.0 Å². The maximum absolute atomic E-state index is 12.0. The lowest BCUT2D eigenvalue weighted by molar-refractivity contribution is -0.134. The topological polar surface area (TPSA) is 160 Å². The minimum Gasteiger partial charge on any atom is -0.366 e. The van der Waals surface area contributed by atoms with E-state index in [4.69, 9.17) is 5.73 Å². The van der Waals surface area contributed by atoms with Crippen LogP contribution in [-0.2, 0) is 19.2 Å². The first kappa shape index (κ1) is 19.1. The lowest BCUT2D eigenvalue weighted by atomic mass is 10.1. The molecule has 1 atom stereocenters. The SMILES string of the molecule is CC(=O)N[C@H]1C(=O)N=C(SCC(=O)Nc2ccccc2C(N)=O)NC1=O. The van der Waals surface area contributed by atoms with Gasteiger partial charge in [0, 0.05) is 6.92 Å². The second-order valence-electron chi connectivity index (χ2n) is 5.12. The Balaban J connectivity index is 1.96. The molecular formula is C15H15N5O5S. The molecule has 5 N–H and O–H groups in total. The third-order valence-electron chi connectivity index (χ3n) is 3.11. The molecule has 1 aliphatic rings. The number of para-hydroxylation sites is 1. The molecule has 0 fully saturated rings. The minimum absolute atomic E-state index is 0.0556. The van der Waals surface area contributed by atoms with Crippen molar-refractivity contribution in [3.63, 3.8) is 0 Å². The summed E-state index contributed by atoms with van der Waals surface area (Å²) in [5.74, 6) is -3.46. The standard InChI is InChI=1S/C15H15N5O5S/c1-7(21)17-11-13(24)19-15(20-14(11)25)26-6-10(22)18-9-5-3-2-4-8(9)12(16)23/h2-5,11H,6H2,1H3,(H2,16,23)(H,17,21)(H,18,22)(H,19,20,24,25). The lowest BCUT2D eigenvalue weighted by Gasteiger charge is -2.19. The second kappa shape index (κ2) is 8.25. The van der Waals surface area contributed by atoms with Gasteiger partial charge in [0.2, 0.25) is 11.8 Å². The Bertz CT molecular complexity index is 822. The van der Waals surface area contributed by atoms with E-state index in [1.54, 1.807) is 12.1 Å². The van der Waals surface area contributed by atoms with Crippen LogP contribution in [0.3, 0.4) is 0 Å². The number of carbonyl (C=O) groups is 5. The van der Waals surface area contributed by atoms with Crippen molar-refractivity contribution in [2.75, 3.05) is 11.1 Å². The quantitative estimate of drug-likeness (QED) is 0.480. The van der Waals surface area contributed by atoms with E-state index in [9.17, 15) is 24.0 Å². The zero-order valence-electron chi connectivity index (χ0n) is 13.6. The number of nitrogens with two attached hydrogens (primary N) is 1. The predicted molar refractivity (Wildman–Crippen MR) is 94.2 cm³/mol. The van der Waals surface area contributed by atoms with Crippen LogP contribution in [-0.4, -0.2) is 46.5 Å².